The van der Waals surface area contributed by atoms with Gasteiger partial charge < -0.3 is 0 Å². The van der Waals surface area contributed by atoms with E-state index in [0.717, 1.165) is 0 Å². The van der Waals surface area contributed by atoms with Gasteiger partial charge in [-0.25, -0.2) is 18.5 Å². The number of anilines is 1. The zero-order valence-corrected chi connectivity index (χ0v) is 20.1. The number of carbonyl (C=O) groups is 1. The molecule has 0 fully saturated rings. The molecule has 0 saturated heterocycles. The Bertz CT molecular complexity index is 1540. The van der Waals surface area contributed by atoms with E-state index in [9.17, 15) is 18.4 Å². The first-order valence-electron chi connectivity index (χ1n) is 11.2. The number of nitrogens with zero attached hydrogens (tertiary/aromatic N) is 3. The maximum absolute atomic E-state index is 13.8. The lowest BCUT2D eigenvalue weighted by atomic mass is 9.78. The quantitative estimate of drug-likeness (QED) is 0.384. The summed E-state index contributed by atoms with van der Waals surface area (Å²) in [5.74, 6) is -2.81. The van der Waals surface area contributed by atoms with Gasteiger partial charge in [0.25, 0.3) is 11.5 Å². The molecule has 1 aromatic heterocycles. The number of hydrogen-bond acceptors (Lipinski definition) is 3. The monoisotopic (exact) mass is 506 g/mol. The van der Waals surface area contributed by atoms with Crippen molar-refractivity contribution >= 4 is 28.9 Å². The zero-order chi connectivity index (χ0) is 25.6. The van der Waals surface area contributed by atoms with E-state index >= 15 is 0 Å². The lowest BCUT2D eigenvalue weighted by molar-refractivity contribution is -0.120. The molecule has 1 aliphatic heterocycles. The van der Waals surface area contributed by atoms with Crippen molar-refractivity contribution < 1.29 is 13.6 Å². The van der Waals surface area contributed by atoms with Gasteiger partial charge >= 0.3 is 0 Å². The molecule has 0 unspecified atom stereocenters. The van der Waals surface area contributed by atoms with E-state index in [1.807, 2.05) is 0 Å². The zero-order valence-electron chi connectivity index (χ0n) is 19.4. The Kier molecular flexibility index (Phi) is 6.05. The second-order valence-electron chi connectivity index (χ2n) is 8.61. The first kappa shape index (κ1) is 23.7. The normalized spacial score (nSPS) is 16.4. The maximum Gasteiger partial charge on any atom is 0.275 e. The van der Waals surface area contributed by atoms with Crippen molar-refractivity contribution in [3.05, 3.63) is 117 Å². The third-order valence-corrected chi connectivity index (χ3v) is 6.68. The minimum absolute atomic E-state index is 0.348. The fourth-order valence-electron chi connectivity index (χ4n) is 4.66. The van der Waals surface area contributed by atoms with Crippen LogP contribution in [0.15, 0.2) is 82.7 Å². The predicted octanol–water partition coefficient (Wildman–Crippen LogP) is 5.58. The first-order chi connectivity index (χ1) is 17.3. The molecule has 0 aliphatic carbocycles. The molecule has 9 heteroatoms. The van der Waals surface area contributed by atoms with Gasteiger partial charge in [-0.1, -0.05) is 29.8 Å². The molecule has 2 heterocycles. The van der Waals surface area contributed by atoms with Crippen molar-refractivity contribution in [2.45, 2.75) is 19.8 Å². The highest BCUT2D eigenvalue weighted by Crippen LogP contribution is 2.40. The Labute approximate surface area is 210 Å². The molecular weight excluding hydrogens is 486 g/mol. The Morgan fingerprint density at radius 1 is 0.889 bits per heavy atom. The molecule has 0 bridgehead atoms. The topological polar surface area (TPSA) is 70.5 Å². The standard InChI is InChI=1S/C27H21ClF2N4O2/c1-15-23(26(35)33(31-15)19-11-7-17(29)8-12-19)25(21-5-3-4-6-22(21)28)24-16(2)32-34(27(24)36)20-13-9-18(30)10-14-20/h3-14,23,25,32H,1-2H3/t23-,25+/m1/s1. The minimum atomic E-state index is -0.834. The summed E-state index contributed by atoms with van der Waals surface area (Å²) >= 11 is 6.59. The molecule has 1 amide bonds. The molecule has 1 N–H and O–H groups in total. The van der Waals surface area contributed by atoms with E-state index in [4.69, 9.17) is 11.6 Å². The molecule has 4 aromatic rings. The number of halogens is 3. The number of H-pyrrole nitrogens is 1. The van der Waals surface area contributed by atoms with Crippen molar-refractivity contribution in [3.8, 4) is 5.69 Å². The summed E-state index contributed by atoms with van der Waals surface area (Å²) < 4.78 is 28.3. The van der Waals surface area contributed by atoms with Crippen molar-refractivity contribution in [2.75, 3.05) is 5.01 Å². The minimum Gasteiger partial charge on any atom is -0.295 e. The fourth-order valence-corrected chi connectivity index (χ4v) is 4.91. The molecular formula is C27H21ClF2N4O2. The van der Waals surface area contributed by atoms with Crippen LogP contribution in [0.1, 0.15) is 29.7 Å². The van der Waals surface area contributed by atoms with Crippen molar-refractivity contribution in [2.24, 2.45) is 11.0 Å². The summed E-state index contributed by atoms with van der Waals surface area (Å²) in [6.45, 7) is 3.46. The van der Waals surface area contributed by atoms with Gasteiger partial charge in [0.2, 0.25) is 0 Å². The molecule has 5 rings (SSSR count). The van der Waals surface area contributed by atoms with E-state index < -0.39 is 23.5 Å². The van der Waals surface area contributed by atoms with Crippen molar-refractivity contribution in [3.63, 3.8) is 0 Å². The SMILES string of the molecule is CC1=NN(c2ccc(F)cc2)C(=O)[C@H]1[C@H](c1ccccc1Cl)c1c(C)[nH]n(-c2ccc(F)cc2)c1=O. The Balaban J connectivity index is 1.66. The maximum atomic E-state index is 13.8. The second kappa shape index (κ2) is 9.20. The van der Waals surface area contributed by atoms with E-state index in [1.165, 1.54) is 58.2 Å². The van der Waals surface area contributed by atoms with Gasteiger partial charge in [0.1, 0.15) is 11.6 Å². The molecule has 0 radical (unpaired) electrons. The highest BCUT2D eigenvalue weighted by atomic mass is 35.5. The second-order valence-corrected chi connectivity index (χ2v) is 9.02. The van der Waals surface area contributed by atoms with Crippen LogP contribution in [-0.2, 0) is 4.79 Å². The number of aromatic amines is 1. The third kappa shape index (κ3) is 4.03. The van der Waals surface area contributed by atoms with Crippen LogP contribution >= 0.6 is 11.6 Å². The summed E-state index contributed by atoms with van der Waals surface area (Å²) in [4.78, 5) is 27.5. The van der Waals surface area contributed by atoms with Gasteiger partial charge in [0.15, 0.2) is 0 Å². The molecule has 6 nitrogen and oxygen atoms in total. The average molecular weight is 507 g/mol. The third-order valence-electron chi connectivity index (χ3n) is 6.34. The molecule has 3 aromatic carbocycles. The van der Waals surface area contributed by atoms with Crippen molar-refractivity contribution in [1.82, 2.24) is 9.78 Å². The molecule has 36 heavy (non-hydrogen) atoms. The van der Waals surface area contributed by atoms with Gasteiger partial charge in [0, 0.05) is 27.9 Å². The number of aromatic nitrogens is 2. The van der Waals surface area contributed by atoms with Crippen LogP contribution in [0, 0.1) is 24.5 Å². The van der Waals surface area contributed by atoms with Crippen LogP contribution in [0.4, 0.5) is 14.5 Å². The number of amides is 1. The largest absolute Gasteiger partial charge is 0.295 e. The predicted molar refractivity (Wildman–Crippen MR) is 135 cm³/mol. The summed E-state index contributed by atoms with van der Waals surface area (Å²) in [6.07, 6.45) is 0. The van der Waals surface area contributed by atoms with Crippen LogP contribution in [-0.4, -0.2) is 21.4 Å². The van der Waals surface area contributed by atoms with Gasteiger partial charge in [-0.05, 0) is 74.0 Å². The van der Waals surface area contributed by atoms with E-state index in [1.54, 1.807) is 38.1 Å². The average Bonchev–Trinajstić information content (AvgIpc) is 3.32. The fraction of sp³-hybridized carbons (Fsp3) is 0.148. The summed E-state index contributed by atoms with van der Waals surface area (Å²) in [7, 11) is 0. The van der Waals surface area contributed by atoms with E-state index in [-0.39, 0.29) is 11.5 Å². The number of aryl methyl sites for hydroxylation is 1. The summed E-state index contributed by atoms with van der Waals surface area (Å²) in [6, 6.07) is 18.0. The highest BCUT2D eigenvalue weighted by molar-refractivity contribution is 6.31. The lowest BCUT2D eigenvalue weighted by Gasteiger charge is -2.24. The van der Waals surface area contributed by atoms with Gasteiger partial charge in [-0.15, -0.1) is 0 Å². The Morgan fingerprint density at radius 2 is 1.47 bits per heavy atom. The highest BCUT2D eigenvalue weighted by Gasteiger charge is 2.44. The Hall–Kier alpha value is -4.04. The molecule has 182 valence electrons. The number of rotatable bonds is 5. The molecule has 2 atom stereocenters. The molecule has 1 aliphatic rings. The molecule has 0 saturated carbocycles. The number of hydrogen-bond donors (Lipinski definition) is 1. The molecule has 0 spiro atoms. The smallest absolute Gasteiger partial charge is 0.275 e. The Morgan fingerprint density at radius 3 is 2.08 bits per heavy atom. The van der Waals surface area contributed by atoms with Crippen LogP contribution in [0.3, 0.4) is 0 Å². The van der Waals surface area contributed by atoms with Gasteiger partial charge in [0.05, 0.1) is 17.3 Å². The number of hydrazone groups is 1. The van der Waals surface area contributed by atoms with Gasteiger partial charge in [-0.3, -0.25) is 14.7 Å². The van der Waals surface area contributed by atoms with Crippen LogP contribution in [0.5, 0.6) is 0 Å². The van der Waals surface area contributed by atoms with Crippen LogP contribution < -0.4 is 10.6 Å². The number of carbonyl (C=O) groups excluding carboxylic acids is 1. The van der Waals surface area contributed by atoms with Crippen molar-refractivity contribution in [1.29, 1.82) is 0 Å². The van der Waals surface area contributed by atoms with E-state index in [0.29, 0.717) is 38.9 Å². The summed E-state index contributed by atoms with van der Waals surface area (Å²) in [5.41, 5.74) is 2.45. The van der Waals surface area contributed by atoms with Crippen LogP contribution in [0.2, 0.25) is 5.02 Å². The van der Waals surface area contributed by atoms with Gasteiger partial charge in [-0.2, -0.15) is 5.10 Å². The van der Waals surface area contributed by atoms with Crippen LogP contribution in [0.25, 0.3) is 5.69 Å². The number of nitrogens with one attached hydrogen (secondary N) is 1. The summed E-state index contributed by atoms with van der Waals surface area (Å²) in [5, 5.41) is 9.14. The van der Waals surface area contributed by atoms with E-state index in [2.05, 4.69) is 10.2 Å². The lowest BCUT2D eigenvalue weighted by Crippen LogP contribution is -2.34. The first-order valence-corrected chi connectivity index (χ1v) is 11.6. The number of benzene rings is 3.